The lowest BCUT2D eigenvalue weighted by atomic mass is 9.91. The van der Waals surface area contributed by atoms with Gasteiger partial charge in [-0.2, -0.15) is 26.3 Å². The summed E-state index contributed by atoms with van der Waals surface area (Å²) in [6, 6.07) is 6.78. The first kappa shape index (κ1) is 26.8. The Balaban J connectivity index is 1.95. The van der Waals surface area contributed by atoms with Crippen LogP contribution in [0.5, 0.6) is 0 Å². The summed E-state index contributed by atoms with van der Waals surface area (Å²) in [5.74, 6) is -1.12. The van der Waals surface area contributed by atoms with E-state index in [1.807, 2.05) is 0 Å². The summed E-state index contributed by atoms with van der Waals surface area (Å²) in [6.45, 7) is 1.74. The Kier molecular flexibility index (Phi) is 8.03. The Bertz CT molecular complexity index is 1040. The van der Waals surface area contributed by atoms with Crippen molar-refractivity contribution in [2.75, 3.05) is 6.54 Å². The molecule has 0 bridgehead atoms. The molecule has 1 saturated heterocycles. The zero-order valence-electron chi connectivity index (χ0n) is 18.6. The SMILES string of the molecule is CCC(=O)N[C@H]1CCN(C(=O)c2cc(C(F)(F)F)cc(C(F)(F)F)c2)[C@H](Cc2ccc(Cl)cc2)C1. The molecule has 2 aromatic rings. The zero-order valence-corrected chi connectivity index (χ0v) is 19.4. The minimum absolute atomic E-state index is 0.00547. The Morgan fingerprint density at radius 2 is 1.57 bits per heavy atom. The van der Waals surface area contributed by atoms with Crippen molar-refractivity contribution >= 4 is 23.4 Å². The van der Waals surface area contributed by atoms with E-state index in [-0.39, 0.29) is 37.4 Å². The van der Waals surface area contributed by atoms with E-state index in [2.05, 4.69) is 5.32 Å². The van der Waals surface area contributed by atoms with Gasteiger partial charge in [0.15, 0.2) is 0 Å². The van der Waals surface area contributed by atoms with Gasteiger partial charge in [0, 0.05) is 35.6 Å². The number of carbonyl (C=O) groups is 2. The number of nitrogens with one attached hydrogen (secondary N) is 1. The van der Waals surface area contributed by atoms with Crippen LogP contribution in [0.1, 0.15) is 53.2 Å². The monoisotopic (exact) mass is 520 g/mol. The van der Waals surface area contributed by atoms with Gasteiger partial charge in [0.2, 0.25) is 5.91 Å². The fourth-order valence-corrected chi connectivity index (χ4v) is 4.24. The number of piperidine rings is 1. The van der Waals surface area contributed by atoms with Crippen molar-refractivity contribution in [3.63, 3.8) is 0 Å². The first-order chi connectivity index (χ1) is 16.3. The lowest BCUT2D eigenvalue weighted by Crippen LogP contribution is -2.52. The lowest BCUT2D eigenvalue weighted by molar-refractivity contribution is -0.143. The highest BCUT2D eigenvalue weighted by Crippen LogP contribution is 2.37. The van der Waals surface area contributed by atoms with E-state index < -0.39 is 41.0 Å². The van der Waals surface area contributed by atoms with Gasteiger partial charge in [-0.3, -0.25) is 9.59 Å². The Morgan fingerprint density at radius 3 is 2.09 bits per heavy atom. The van der Waals surface area contributed by atoms with E-state index in [4.69, 9.17) is 11.6 Å². The molecule has 3 rings (SSSR count). The normalized spacial score (nSPS) is 18.9. The molecule has 35 heavy (non-hydrogen) atoms. The van der Waals surface area contributed by atoms with E-state index in [1.54, 1.807) is 31.2 Å². The van der Waals surface area contributed by atoms with Gasteiger partial charge in [0.25, 0.3) is 5.91 Å². The van der Waals surface area contributed by atoms with E-state index in [1.165, 1.54) is 4.90 Å². The van der Waals surface area contributed by atoms with E-state index >= 15 is 0 Å². The minimum atomic E-state index is -5.06. The van der Waals surface area contributed by atoms with Crippen LogP contribution in [0.4, 0.5) is 26.3 Å². The van der Waals surface area contributed by atoms with Gasteiger partial charge in [-0.05, 0) is 55.2 Å². The molecule has 1 heterocycles. The van der Waals surface area contributed by atoms with Crippen LogP contribution in [-0.4, -0.2) is 35.3 Å². The van der Waals surface area contributed by atoms with Gasteiger partial charge in [0.05, 0.1) is 11.1 Å². The van der Waals surface area contributed by atoms with E-state index in [9.17, 15) is 35.9 Å². The van der Waals surface area contributed by atoms with Crippen molar-refractivity contribution in [3.05, 3.63) is 69.7 Å². The smallest absolute Gasteiger partial charge is 0.353 e. The van der Waals surface area contributed by atoms with Crippen LogP contribution in [-0.2, 0) is 23.6 Å². The maximum Gasteiger partial charge on any atom is 0.416 e. The number of hydrogen-bond donors (Lipinski definition) is 1. The maximum absolute atomic E-state index is 13.3. The number of amides is 2. The third-order valence-electron chi connectivity index (χ3n) is 5.88. The molecule has 0 unspecified atom stereocenters. The highest BCUT2D eigenvalue weighted by Gasteiger charge is 2.39. The minimum Gasteiger partial charge on any atom is -0.353 e. The third-order valence-corrected chi connectivity index (χ3v) is 6.13. The van der Waals surface area contributed by atoms with Gasteiger partial charge in [-0.25, -0.2) is 0 Å². The van der Waals surface area contributed by atoms with Crippen molar-refractivity contribution in [3.8, 4) is 0 Å². The summed E-state index contributed by atoms with van der Waals surface area (Å²) in [4.78, 5) is 26.4. The van der Waals surface area contributed by atoms with Crippen LogP contribution in [0.25, 0.3) is 0 Å². The topological polar surface area (TPSA) is 49.4 Å². The molecule has 0 spiro atoms. The second-order valence-corrected chi connectivity index (χ2v) is 8.86. The number of likely N-dealkylation sites (tertiary alicyclic amines) is 1. The molecule has 1 fully saturated rings. The third kappa shape index (κ3) is 6.90. The van der Waals surface area contributed by atoms with Crippen molar-refractivity contribution in [1.82, 2.24) is 10.2 Å². The molecule has 0 aromatic heterocycles. The molecule has 2 aromatic carbocycles. The number of halogens is 7. The molecule has 0 radical (unpaired) electrons. The van der Waals surface area contributed by atoms with Crippen LogP contribution >= 0.6 is 11.6 Å². The number of hydrogen-bond acceptors (Lipinski definition) is 2. The Hall–Kier alpha value is -2.75. The first-order valence-electron chi connectivity index (χ1n) is 10.9. The average Bonchev–Trinajstić information content (AvgIpc) is 2.79. The first-order valence-corrected chi connectivity index (χ1v) is 11.3. The summed E-state index contributed by atoms with van der Waals surface area (Å²) in [6.07, 6.45) is -8.96. The molecule has 1 aliphatic heterocycles. The molecule has 0 aliphatic carbocycles. The second-order valence-electron chi connectivity index (χ2n) is 8.42. The van der Waals surface area contributed by atoms with Crippen LogP contribution in [0, 0.1) is 0 Å². The van der Waals surface area contributed by atoms with Gasteiger partial charge < -0.3 is 10.2 Å². The summed E-state index contributed by atoms with van der Waals surface area (Å²) in [5.41, 5.74) is -3.01. The number of alkyl halides is 6. The molecule has 2 amide bonds. The summed E-state index contributed by atoms with van der Waals surface area (Å²) in [5, 5.41) is 3.34. The van der Waals surface area contributed by atoms with Crippen molar-refractivity contribution in [1.29, 1.82) is 0 Å². The Morgan fingerprint density at radius 1 is 1.00 bits per heavy atom. The quantitative estimate of drug-likeness (QED) is 0.483. The fraction of sp³-hybridized carbons (Fsp3) is 0.417. The lowest BCUT2D eigenvalue weighted by Gasteiger charge is -2.40. The van der Waals surface area contributed by atoms with Crippen molar-refractivity contribution in [2.24, 2.45) is 0 Å². The highest BCUT2D eigenvalue weighted by atomic mass is 35.5. The average molecular weight is 521 g/mol. The number of rotatable bonds is 5. The molecular weight excluding hydrogens is 498 g/mol. The molecule has 4 nitrogen and oxygen atoms in total. The number of nitrogens with zero attached hydrogens (tertiary/aromatic N) is 1. The summed E-state index contributed by atoms with van der Waals surface area (Å²) >= 11 is 5.92. The van der Waals surface area contributed by atoms with Gasteiger partial charge in [-0.15, -0.1) is 0 Å². The van der Waals surface area contributed by atoms with Crippen LogP contribution in [0.15, 0.2) is 42.5 Å². The highest BCUT2D eigenvalue weighted by molar-refractivity contribution is 6.30. The predicted octanol–water partition coefficient (Wildman–Crippen LogP) is 6.12. The molecule has 11 heteroatoms. The molecular formula is C24H23ClF6N2O2. The zero-order chi connectivity index (χ0) is 26.0. The van der Waals surface area contributed by atoms with E-state index in [0.717, 1.165) is 5.56 Å². The van der Waals surface area contributed by atoms with Crippen LogP contribution in [0.2, 0.25) is 5.02 Å². The molecule has 190 valence electrons. The number of carbonyl (C=O) groups excluding carboxylic acids is 2. The van der Waals surface area contributed by atoms with Crippen molar-refractivity contribution < 1.29 is 35.9 Å². The van der Waals surface area contributed by atoms with Gasteiger partial charge >= 0.3 is 12.4 Å². The van der Waals surface area contributed by atoms with E-state index in [0.29, 0.717) is 30.0 Å². The van der Waals surface area contributed by atoms with Gasteiger partial charge in [0.1, 0.15) is 0 Å². The number of benzene rings is 2. The maximum atomic E-state index is 13.3. The largest absolute Gasteiger partial charge is 0.416 e. The fourth-order valence-electron chi connectivity index (χ4n) is 4.11. The second kappa shape index (κ2) is 10.5. The summed E-state index contributed by atoms with van der Waals surface area (Å²) in [7, 11) is 0. The molecule has 0 saturated carbocycles. The van der Waals surface area contributed by atoms with Crippen molar-refractivity contribution in [2.45, 2.75) is 57.0 Å². The van der Waals surface area contributed by atoms with Crippen LogP contribution < -0.4 is 5.32 Å². The molecule has 2 atom stereocenters. The molecule has 1 aliphatic rings. The standard InChI is InChI=1S/C24H23ClF6N2O2/c1-2-21(34)32-19-7-8-33(20(13-19)9-14-3-5-18(25)6-4-14)22(35)15-10-16(23(26,27)28)12-17(11-15)24(29,30)31/h3-6,10-12,19-20H,2,7-9,13H2,1H3,(H,32,34)/t19-,20+/m0/s1. The van der Waals surface area contributed by atoms with Crippen LogP contribution in [0.3, 0.4) is 0 Å². The molecule has 1 N–H and O–H groups in total. The predicted molar refractivity (Wildman–Crippen MR) is 118 cm³/mol. The summed E-state index contributed by atoms with van der Waals surface area (Å²) < 4.78 is 79.8. The van der Waals surface area contributed by atoms with Gasteiger partial charge in [-0.1, -0.05) is 30.7 Å². The Labute approximate surface area is 203 Å².